The van der Waals surface area contributed by atoms with Gasteiger partial charge in [-0.1, -0.05) is 13.8 Å². The molecule has 1 aromatic carbocycles. The molecule has 3 aromatic rings. The molecule has 11 heteroatoms. The van der Waals surface area contributed by atoms with Gasteiger partial charge in [0.25, 0.3) is 0 Å². The van der Waals surface area contributed by atoms with Crippen LogP contribution in [0.5, 0.6) is 11.8 Å². The first-order valence-electron chi connectivity index (χ1n) is 10.8. The highest BCUT2D eigenvalue weighted by atomic mass is 79.9. The fourth-order valence-corrected chi connectivity index (χ4v) is 3.04. The number of benzene rings is 1. The molecule has 2 heterocycles. The lowest BCUT2D eigenvalue weighted by atomic mass is 10.1. The van der Waals surface area contributed by atoms with Gasteiger partial charge in [-0.3, -0.25) is 0 Å². The number of aliphatic hydroxyl groups excluding tert-OH is 1. The maximum absolute atomic E-state index is 9.67. The third-order valence-corrected chi connectivity index (χ3v) is 6.12. The van der Waals surface area contributed by atoms with Crippen LogP contribution >= 0.6 is 31.9 Å². The van der Waals surface area contributed by atoms with Gasteiger partial charge in [-0.05, 0) is 82.8 Å². The van der Waals surface area contributed by atoms with E-state index in [1.165, 1.54) is 0 Å². The van der Waals surface area contributed by atoms with Crippen LogP contribution in [0, 0.1) is 5.92 Å². The Morgan fingerprint density at radius 3 is 1.53 bits per heavy atom. The molecule has 182 valence electrons. The van der Waals surface area contributed by atoms with E-state index in [0.717, 1.165) is 11.4 Å². The second-order valence-electron chi connectivity index (χ2n) is 8.15. The van der Waals surface area contributed by atoms with Crippen LogP contribution in [0.2, 0.25) is 0 Å². The minimum absolute atomic E-state index is 0.0198. The lowest BCUT2D eigenvalue weighted by Gasteiger charge is -2.18. The van der Waals surface area contributed by atoms with Gasteiger partial charge < -0.3 is 25.2 Å². The zero-order valence-electron chi connectivity index (χ0n) is 19.6. The van der Waals surface area contributed by atoms with Crippen LogP contribution in [0.25, 0.3) is 0 Å². The van der Waals surface area contributed by atoms with Crippen molar-refractivity contribution in [1.29, 1.82) is 0 Å². The van der Waals surface area contributed by atoms with Gasteiger partial charge in [-0.2, -0.15) is 9.97 Å². The SMILES string of the molecule is CC(C)[C@@H](C)Oc1nc(Nc2ccc(Nc3ncc(Br)c(O[C@H](C)C(C)O)n3)cc2)ncc1Br. The van der Waals surface area contributed by atoms with Crippen LogP contribution in [-0.2, 0) is 0 Å². The fourth-order valence-electron chi connectivity index (χ4n) is 2.47. The molecule has 3 rings (SSSR count). The molecule has 0 saturated heterocycles. The van der Waals surface area contributed by atoms with E-state index in [-0.39, 0.29) is 6.10 Å². The van der Waals surface area contributed by atoms with Crippen LogP contribution in [-0.4, -0.2) is 43.4 Å². The van der Waals surface area contributed by atoms with Crippen molar-refractivity contribution in [2.45, 2.75) is 52.9 Å². The number of rotatable bonds is 10. The Morgan fingerprint density at radius 2 is 1.15 bits per heavy atom. The first-order chi connectivity index (χ1) is 16.1. The Kier molecular flexibility index (Phi) is 9.03. The predicted octanol–water partition coefficient (Wildman–Crippen LogP) is 5.85. The highest BCUT2D eigenvalue weighted by Crippen LogP contribution is 2.28. The van der Waals surface area contributed by atoms with Crippen molar-refractivity contribution in [3.05, 3.63) is 45.6 Å². The first kappa shape index (κ1) is 26.1. The summed E-state index contributed by atoms with van der Waals surface area (Å²) in [5, 5.41) is 16.0. The number of aliphatic hydroxyl groups is 1. The van der Waals surface area contributed by atoms with Crippen LogP contribution < -0.4 is 20.1 Å². The highest BCUT2D eigenvalue weighted by Gasteiger charge is 2.15. The maximum atomic E-state index is 9.67. The summed E-state index contributed by atoms with van der Waals surface area (Å²) in [5.74, 6) is 2.00. The summed E-state index contributed by atoms with van der Waals surface area (Å²) in [6.45, 7) is 9.63. The van der Waals surface area contributed by atoms with E-state index in [0.29, 0.717) is 38.5 Å². The minimum Gasteiger partial charge on any atom is -0.473 e. The van der Waals surface area contributed by atoms with Gasteiger partial charge in [-0.25, -0.2) is 9.97 Å². The van der Waals surface area contributed by atoms with Gasteiger partial charge in [0.05, 0.1) is 33.5 Å². The van der Waals surface area contributed by atoms with E-state index in [2.05, 4.69) is 76.3 Å². The minimum atomic E-state index is -0.630. The van der Waals surface area contributed by atoms with E-state index in [4.69, 9.17) is 9.47 Å². The topological polar surface area (TPSA) is 114 Å². The van der Waals surface area contributed by atoms with Gasteiger partial charge >= 0.3 is 0 Å². The van der Waals surface area contributed by atoms with E-state index in [1.54, 1.807) is 26.2 Å². The van der Waals surface area contributed by atoms with Crippen molar-refractivity contribution >= 4 is 55.1 Å². The Morgan fingerprint density at radius 1 is 0.735 bits per heavy atom. The quantitative estimate of drug-likeness (QED) is 0.265. The van der Waals surface area contributed by atoms with Crippen LogP contribution in [0.3, 0.4) is 0 Å². The normalized spacial score (nSPS) is 13.8. The van der Waals surface area contributed by atoms with Crippen molar-refractivity contribution in [2.24, 2.45) is 5.92 Å². The zero-order valence-corrected chi connectivity index (χ0v) is 22.8. The van der Waals surface area contributed by atoms with Gasteiger partial charge in [0.1, 0.15) is 6.10 Å². The highest BCUT2D eigenvalue weighted by molar-refractivity contribution is 9.10. The van der Waals surface area contributed by atoms with Gasteiger partial charge in [-0.15, -0.1) is 0 Å². The fraction of sp³-hybridized carbons (Fsp3) is 0.391. The molecule has 0 spiro atoms. The number of nitrogens with one attached hydrogen (secondary N) is 2. The number of nitrogens with zero attached hydrogens (tertiary/aromatic N) is 4. The molecule has 0 bridgehead atoms. The molecule has 0 radical (unpaired) electrons. The summed E-state index contributed by atoms with van der Waals surface area (Å²) >= 11 is 6.81. The second kappa shape index (κ2) is 11.8. The summed E-state index contributed by atoms with van der Waals surface area (Å²) in [5.41, 5.74) is 1.59. The average molecular weight is 596 g/mol. The third kappa shape index (κ3) is 7.25. The lowest BCUT2D eigenvalue weighted by Crippen LogP contribution is -2.26. The number of aromatic nitrogens is 4. The number of anilines is 4. The number of hydrogen-bond acceptors (Lipinski definition) is 9. The molecule has 3 atom stereocenters. The van der Waals surface area contributed by atoms with Gasteiger partial charge in [0, 0.05) is 11.4 Å². The molecular weight excluding hydrogens is 568 g/mol. The predicted molar refractivity (Wildman–Crippen MR) is 139 cm³/mol. The average Bonchev–Trinajstić information content (AvgIpc) is 2.79. The van der Waals surface area contributed by atoms with Crippen molar-refractivity contribution in [3.8, 4) is 11.8 Å². The molecule has 0 aliphatic heterocycles. The lowest BCUT2D eigenvalue weighted by molar-refractivity contribution is 0.0569. The Balaban J connectivity index is 1.67. The molecular formula is C23H28Br2N6O3. The number of hydrogen-bond donors (Lipinski definition) is 3. The Labute approximate surface area is 216 Å². The van der Waals surface area contributed by atoms with Crippen molar-refractivity contribution in [2.75, 3.05) is 10.6 Å². The second-order valence-corrected chi connectivity index (χ2v) is 9.86. The molecule has 2 aromatic heterocycles. The maximum Gasteiger partial charge on any atom is 0.233 e. The molecule has 0 saturated carbocycles. The first-order valence-corrected chi connectivity index (χ1v) is 12.4. The third-order valence-electron chi connectivity index (χ3n) is 5.03. The summed E-state index contributed by atoms with van der Waals surface area (Å²) in [6, 6.07) is 7.53. The van der Waals surface area contributed by atoms with Crippen LogP contribution in [0.4, 0.5) is 23.3 Å². The summed E-state index contributed by atoms with van der Waals surface area (Å²) in [4.78, 5) is 17.4. The van der Waals surface area contributed by atoms with Crippen molar-refractivity contribution in [3.63, 3.8) is 0 Å². The molecule has 0 aliphatic rings. The summed E-state index contributed by atoms with van der Waals surface area (Å²) < 4.78 is 12.9. The molecule has 34 heavy (non-hydrogen) atoms. The van der Waals surface area contributed by atoms with Crippen molar-refractivity contribution in [1.82, 2.24) is 19.9 Å². The summed E-state index contributed by atoms with van der Waals surface area (Å²) in [7, 11) is 0. The Hall–Kier alpha value is -2.50. The van der Waals surface area contributed by atoms with E-state index in [1.807, 2.05) is 31.2 Å². The van der Waals surface area contributed by atoms with Gasteiger partial charge in [0.15, 0.2) is 0 Å². The number of ether oxygens (including phenoxy) is 2. The molecule has 9 nitrogen and oxygen atoms in total. The largest absolute Gasteiger partial charge is 0.473 e. The molecule has 3 N–H and O–H groups in total. The van der Waals surface area contributed by atoms with E-state index >= 15 is 0 Å². The van der Waals surface area contributed by atoms with Crippen molar-refractivity contribution < 1.29 is 14.6 Å². The number of halogens is 2. The monoisotopic (exact) mass is 594 g/mol. The standard InChI is InChI=1S/C23H28Br2N6O3/c1-12(2)14(4)33-20-18(24)10-26-22(30-20)28-16-6-8-17(9-7-16)29-23-27-11-19(25)21(31-23)34-15(5)13(3)32/h6-15,32H,1-5H3,(H,26,28,30)(H,27,29,31)/t13?,14-,15-/m1/s1. The van der Waals surface area contributed by atoms with Crippen LogP contribution in [0.15, 0.2) is 45.6 Å². The van der Waals surface area contributed by atoms with E-state index < -0.39 is 12.2 Å². The Bertz CT molecular complexity index is 1010. The molecule has 1 unspecified atom stereocenters. The smallest absolute Gasteiger partial charge is 0.233 e. The summed E-state index contributed by atoms with van der Waals surface area (Å²) in [6.07, 6.45) is 2.24. The molecule has 0 amide bonds. The molecule has 0 fully saturated rings. The molecule has 0 aliphatic carbocycles. The van der Waals surface area contributed by atoms with Gasteiger partial charge in [0.2, 0.25) is 23.7 Å². The zero-order chi connectivity index (χ0) is 24.8. The van der Waals surface area contributed by atoms with Crippen LogP contribution in [0.1, 0.15) is 34.6 Å². The van der Waals surface area contributed by atoms with E-state index in [9.17, 15) is 5.11 Å².